The standard InChI is InChI=1S/C14H13Cl2N5O.C2HF3O2/c15-7-5-8-10-12(22-11(8)9(16)6-7)13(20-14(17)19-10)21-3-1-18-2-4-21;3-2(4,5)1(6)7/h5-6,18H,1-4H2,(H2,17,19,20);(H,6,7). The van der Waals surface area contributed by atoms with Gasteiger partial charge in [-0.15, -0.1) is 0 Å². The number of anilines is 2. The molecule has 1 fully saturated rings. The number of nitrogen functional groups attached to an aromatic ring is 1. The van der Waals surface area contributed by atoms with Gasteiger partial charge in [0.25, 0.3) is 0 Å². The van der Waals surface area contributed by atoms with Crippen molar-refractivity contribution < 1.29 is 27.5 Å². The third kappa shape index (κ3) is 4.57. The van der Waals surface area contributed by atoms with Crippen molar-refractivity contribution in [2.45, 2.75) is 6.18 Å². The van der Waals surface area contributed by atoms with Gasteiger partial charge in [0.05, 0.1) is 10.4 Å². The summed E-state index contributed by atoms with van der Waals surface area (Å²) in [5.41, 5.74) is 7.67. The molecular weight excluding hydrogens is 438 g/mol. The van der Waals surface area contributed by atoms with E-state index in [0.717, 1.165) is 31.6 Å². The van der Waals surface area contributed by atoms with Crippen LogP contribution < -0.4 is 16.0 Å². The summed E-state index contributed by atoms with van der Waals surface area (Å²) in [5, 5.41) is 12.2. The first kappa shape index (κ1) is 21.2. The Bertz CT molecular complexity index is 1070. The number of hydrogen-bond donors (Lipinski definition) is 3. The average molecular weight is 452 g/mol. The van der Waals surface area contributed by atoms with Gasteiger partial charge in [0, 0.05) is 31.2 Å². The number of aliphatic carboxylic acids is 1. The van der Waals surface area contributed by atoms with Gasteiger partial charge in [-0.3, -0.25) is 0 Å². The van der Waals surface area contributed by atoms with Crippen LogP contribution in [0.25, 0.3) is 22.1 Å². The molecule has 4 N–H and O–H groups in total. The molecule has 4 rings (SSSR count). The maximum atomic E-state index is 10.6. The molecule has 0 spiro atoms. The SMILES string of the molecule is Nc1nc(N2CCNCC2)c2oc3c(Cl)cc(Cl)cc3c2n1.O=C(O)C(F)(F)F. The van der Waals surface area contributed by atoms with Crippen molar-refractivity contribution in [3.63, 3.8) is 0 Å². The van der Waals surface area contributed by atoms with Crippen molar-refractivity contribution in [2.75, 3.05) is 36.8 Å². The third-order valence-corrected chi connectivity index (χ3v) is 4.49. The molecule has 13 heteroatoms. The second-order valence-corrected chi connectivity index (χ2v) is 6.83. The van der Waals surface area contributed by atoms with Crippen LogP contribution in [0.2, 0.25) is 10.0 Å². The number of alkyl halides is 3. The molecule has 0 atom stereocenters. The van der Waals surface area contributed by atoms with Crippen LogP contribution in [0.15, 0.2) is 16.5 Å². The second kappa shape index (κ2) is 8.09. The number of carboxylic acids is 1. The largest absolute Gasteiger partial charge is 0.490 e. The number of aromatic nitrogens is 2. The molecule has 29 heavy (non-hydrogen) atoms. The summed E-state index contributed by atoms with van der Waals surface area (Å²) in [7, 11) is 0. The predicted molar refractivity (Wildman–Crippen MR) is 103 cm³/mol. The van der Waals surface area contributed by atoms with Crippen LogP contribution in [0.5, 0.6) is 0 Å². The number of nitrogens with zero attached hydrogens (tertiary/aromatic N) is 3. The molecule has 2 aromatic heterocycles. The number of piperazine rings is 1. The predicted octanol–water partition coefficient (Wildman–Crippen LogP) is 3.31. The monoisotopic (exact) mass is 451 g/mol. The number of furan rings is 1. The lowest BCUT2D eigenvalue weighted by molar-refractivity contribution is -0.192. The zero-order valence-corrected chi connectivity index (χ0v) is 16.1. The molecule has 8 nitrogen and oxygen atoms in total. The fourth-order valence-corrected chi connectivity index (χ4v) is 3.30. The van der Waals surface area contributed by atoms with Crippen molar-refractivity contribution in [3.05, 3.63) is 22.2 Å². The van der Waals surface area contributed by atoms with Gasteiger partial charge in [0.15, 0.2) is 17.0 Å². The summed E-state index contributed by atoms with van der Waals surface area (Å²) in [6, 6.07) is 3.43. The van der Waals surface area contributed by atoms with Crippen molar-refractivity contribution in [2.24, 2.45) is 0 Å². The van der Waals surface area contributed by atoms with Crippen LogP contribution in [0, 0.1) is 0 Å². The second-order valence-electron chi connectivity index (χ2n) is 5.99. The zero-order chi connectivity index (χ0) is 21.3. The van der Waals surface area contributed by atoms with Gasteiger partial charge in [0.1, 0.15) is 5.52 Å². The molecule has 0 amide bonds. The van der Waals surface area contributed by atoms with E-state index < -0.39 is 12.1 Å². The fraction of sp³-hybridized carbons (Fsp3) is 0.312. The molecular formula is C16H14Cl2F3N5O3. The number of hydrogen-bond acceptors (Lipinski definition) is 7. The minimum atomic E-state index is -5.08. The minimum absolute atomic E-state index is 0.208. The highest BCUT2D eigenvalue weighted by atomic mass is 35.5. The molecule has 3 heterocycles. The zero-order valence-electron chi connectivity index (χ0n) is 14.6. The van der Waals surface area contributed by atoms with Gasteiger partial charge < -0.3 is 25.5 Å². The highest BCUT2D eigenvalue weighted by molar-refractivity contribution is 6.39. The molecule has 3 aromatic rings. The highest BCUT2D eigenvalue weighted by Gasteiger charge is 2.38. The summed E-state index contributed by atoms with van der Waals surface area (Å²) in [5.74, 6) is -1.85. The van der Waals surface area contributed by atoms with Crippen molar-refractivity contribution >= 4 is 63.0 Å². The van der Waals surface area contributed by atoms with Gasteiger partial charge in [-0.05, 0) is 12.1 Å². The van der Waals surface area contributed by atoms with E-state index >= 15 is 0 Å². The number of carboxylic acid groups (broad SMARTS) is 1. The van der Waals surface area contributed by atoms with Crippen LogP contribution in [-0.2, 0) is 4.79 Å². The van der Waals surface area contributed by atoms with E-state index in [1.807, 2.05) is 0 Å². The number of halogens is 5. The Morgan fingerprint density at radius 1 is 1.21 bits per heavy atom. The molecule has 0 aliphatic carbocycles. The van der Waals surface area contributed by atoms with Gasteiger partial charge in [-0.25, -0.2) is 9.78 Å². The molecule has 0 saturated carbocycles. The quantitative estimate of drug-likeness (QED) is 0.515. The maximum absolute atomic E-state index is 10.6. The highest BCUT2D eigenvalue weighted by Crippen LogP contribution is 2.38. The first-order valence-electron chi connectivity index (χ1n) is 8.18. The number of benzene rings is 1. The van der Waals surface area contributed by atoms with Gasteiger partial charge in [-0.2, -0.15) is 18.2 Å². The van der Waals surface area contributed by atoms with E-state index in [1.54, 1.807) is 12.1 Å². The maximum Gasteiger partial charge on any atom is 0.490 e. The molecule has 156 valence electrons. The fourth-order valence-electron chi connectivity index (χ4n) is 2.77. The number of fused-ring (bicyclic) bond motifs is 3. The smallest absolute Gasteiger partial charge is 0.475 e. The number of nitrogens with one attached hydrogen (secondary N) is 1. The van der Waals surface area contributed by atoms with E-state index in [4.69, 9.17) is 43.3 Å². The molecule has 1 aliphatic rings. The Kier molecular flexibility index (Phi) is 5.92. The molecule has 1 aliphatic heterocycles. The first-order valence-corrected chi connectivity index (χ1v) is 8.94. The molecule has 0 unspecified atom stereocenters. The summed E-state index contributed by atoms with van der Waals surface area (Å²) >= 11 is 12.3. The Morgan fingerprint density at radius 2 is 1.83 bits per heavy atom. The van der Waals surface area contributed by atoms with Crippen molar-refractivity contribution in [1.29, 1.82) is 0 Å². The van der Waals surface area contributed by atoms with E-state index in [-0.39, 0.29) is 5.95 Å². The number of carbonyl (C=O) groups is 1. The minimum Gasteiger partial charge on any atom is -0.475 e. The number of rotatable bonds is 1. The Labute approximate surface area is 171 Å². The van der Waals surface area contributed by atoms with Crippen LogP contribution in [0.3, 0.4) is 0 Å². The van der Waals surface area contributed by atoms with Crippen molar-refractivity contribution in [3.8, 4) is 0 Å². The molecule has 0 radical (unpaired) electrons. The third-order valence-electron chi connectivity index (χ3n) is 3.99. The van der Waals surface area contributed by atoms with E-state index in [2.05, 4.69) is 20.2 Å². The summed E-state index contributed by atoms with van der Waals surface area (Å²) in [6.07, 6.45) is -5.08. The van der Waals surface area contributed by atoms with Crippen LogP contribution in [0.4, 0.5) is 24.9 Å². The topological polar surface area (TPSA) is 118 Å². The first-order chi connectivity index (χ1) is 13.6. The molecule has 1 aromatic carbocycles. The van der Waals surface area contributed by atoms with Gasteiger partial charge >= 0.3 is 12.1 Å². The Hall–Kier alpha value is -2.50. The van der Waals surface area contributed by atoms with Crippen LogP contribution in [0.1, 0.15) is 0 Å². The molecule has 1 saturated heterocycles. The summed E-state index contributed by atoms with van der Waals surface area (Å²) in [6.45, 7) is 3.44. The van der Waals surface area contributed by atoms with Crippen LogP contribution in [-0.4, -0.2) is 53.4 Å². The van der Waals surface area contributed by atoms with Crippen LogP contribution >= 0.6 is 23.2 Å². The van der Waals surface area contributed by atoms with Crippen molar-refractivity contribution in [1.82, 2.24) is 15.3 Å². The lowest BCUT2D eigenvalue weighted by Gasteiger charge is -2.28. The lowest BCUT2D eigenvalue weighted by Crippen LogP contribution is -2.44. The van der Waals surface area contributed by atoms with Gasteiger partial charge in [-0.1, -0.05) is 23.2 Å². The lowest BCUT2D eigenvalue weighted by atomic mass is 10.2. The Morgan fingerprint density at radius 3 is 2.41 bits per heavy atom. The van der Waals surface area contributed by atoms with E-state index in [9.17, 15) is 13.2 Å². The van der Waals surface area contributed by atoms with Gasteiger partial charge in [0.2, 0.25) is 5.95 Å². The summed E-state index contributed by atoms with van der Waals surface area (Å²) in [4.78, 5) is 19.7. The normalized spacial score (nSPS) is 14.7. The summed E-state index contributed by atoms with van der Waals surface area (Å²) < 4.78 is 37.7. The number of nitrogens with two attached hydrogens (primary N) is 1. The average Bonchev–Trinajstić information content (AvgIpc) is 3.00. The Balaban J connectivity index is 0.000000298. The van der Waals surface area contributed by atoms with E-state index in [0.29, 0.717) is 32.5 Å². The van der Waals surface area contributed by atoms with E-state index in [1.165, 1.54) is 0 Å². The molecule has 0 bridgehead atoms.